The van der Waals surface area contributed by atoms with E-state index in [0.29, 0.717) is 5.02 Å². The van der Waals surface area contributed by atoms with Crippen LogP contribution in [0.25, 0.3) is 0 Å². The van der Waals surface area contributed by atoms with Gasteiger partial charge in [0.1, 0.15) is 6.10 Å². The van der Waals surface area contributed by atoms with Crippen molar-refractivity contribution in [3.8, 4) is 0 Å². The molecule has 100 valence electrons. The number of methoxy groups -OCH3 is 1. The predicted octanol–water partition coefficient (Wildman–Crippen LogP) is 3.23. The molecule has 0 radical (unpaired) electrons. The molecule has 2 atom stereocenters. The molecule has 2 unspecified atom stereocenters. The largest absolute Gasteiger partial charge is 0.375 e. The highest BCUT2D eigenvalue weighted by Gasteiger charge is 2.25. The zero-order valence-electron chi connectivity index (χ0n) is 10.7. The lowest BCUT2D eigenvalue weighted by atomic mass is 9.96. The maximum atomic E-state index is 6.24. The Hall–Kier alpha value is -1.39. The third-order valence-corrected chi connectivity index (χ3v) is 3.45. The fraction of sp³-hybridized carbons (Fsp3) is 0.200. The average molecular weight is 277 g/mol. The number of halogens is 1. The second-order valence-corrected chi connectivity index (χ2v) is 4.64. The van der Waals surface area contributed by atoms with Crippen molar-refractivity contribution < 1.29 is 4.74 Å². The minimum atomic E-state index is -0.207. The second-order valence-electron chi connectivity index (χ2n) is 4.23. The highest BCUT2D eigenvalue weighted by Crippen LogP contribution is 2.34. The van der Waals surface area contributed by atoms with Crippen LogP contribution in [0.1, 0.15) is 23.3 Å². The maximum Gasteiger partial charge on any atom is 0.103 e. The van der Waals surface area contributed by atoms with E-state index in [1.807, 2.05) is 54.6 Å². The van der Waals surface area contributed by atoms with Gasteiger partial charge in [-0.1, -0.05) is 60.1 Å². The highest BCUT2D eigenvalue weighted by molar-refractivity contribution is 6.31. The quantitative estimate of drug-likeness (QED) is 0.651. The summed E-state index contributed by atoms with van der Waals surface area (Å²) in [6.07, 6.45) is -0.203. The van der Waals surface area contributed by atoms with Crippen LogP contribution in [0.3, 0.4) is 0 Å². The van der Waals surface area contributed by atoms with Crippen LogP contribution in [0.2, 0.25) is 5.02 Å². The van der Waals surface area contributed by atoms with Crippen molar-refractivity contribution in [3.05, 3.63) is 70.7 Å². The van der Waals surface area contributed by atoms with E-state index >= 15 is 0 Å². The van der Waals surface area contributed by atoms with Crippen LogP contribution in [0.15, 0.2) is 54.6 Å². The standard InChI is InChI=1S/C15H17ClN2O/c1-19-15(11-7-3-2-4-8-11)14(18-17)12-9-5-6-10-13(12)16/h2-10,14-15,18H,17H2,1H3. The molecule has 2 aromatic carbocycles. The fourth-order valence-electron chi connectivity index (χ4n) is 2.17. The van der Waals surface area contributed by atoms with Crippen molar-refractivity contribution in [2.24, 2.45) is 5.84 Å². The number of hydrogen-bond donors (Lipinski definition) is 2. The third kappa shape index (κ3) is 3.14. The van der Waals surface area contributed by atoms with Gasteiger partial charge in [-0.15, -0.1) is 0 Å². The number of nitrogens with one attached hydrogen (secondary N) is 1. The lowest BCUT2D eigenvalue weighted by molar-refractivity contribution is 0.0676. The maximum absolute atomic E-state index is 6.24. The zero-order valence-corrected chi connectivity index (χ0v) is 11.5. The van der Waals surface area contributed by atoms with Crippen molar-refractivity contribution in [2.75, 3.05) is 7.11 Å². The number of benzene rings is 2. The van der Waals surface area contributed by atoms with Crippen molar-refractivity contribution in [3.63, 3.8) is 0 Å². The molecule has 4 heteroatoms. The smallest absolute Gasteiger partial charge is 0.103 e. The zero-order chi connectivity index (χ0) is 13.7. The Morgan fingerprint density at radius 2 is 1.68 bits per heavy atom. The Kier molecular flexibility index (Phi) is 4.93. The van der Waals surface area contributed by atoms with E-state index in [2.05, 4.69) is 5.43 Å². The van der Waals surface area contributed by atoms with Crippen molar-refractivity contribution >= 4 is 11.6 Å². The molecular weight excluding hydrogens is 260 g/mol. The summed E-state index contributed by atoms with van der Waals surface area (Å²) in [4.78, 5) is 0. The summed E-state index contributed by atoms with van der Waals surface area (Å²) < 4.78 is 5.60. The van der Waals surface area contributed by atoms with Gasteiger partial charge in [0.15, 0.2) is 0 Å². The van der Waals surface area contributed by atoms with Gasteiger partial charge in [0, 0.05) is 12.1 Å². The lowest BCUT2D eigenvalue weighted by Crippen LogP contribution is -2.33. The SMILES string of the molecule is COC(c1ccccc1)C(NN)c1ccccc1Cl. The highest BCUT2D eigenvalue weighted by atomic mass is 35.5. The normalized spacial score (nSPS) is 14.1. The Bertz CT molecular complexity index is 519. The summed E-state index contributed by atoms with van der Waals surface area (Å²) in [6, 6.07) is 17.3. The molecule has 3 N–H and O–H groups in total. The van der Waals surface area contributed by atoms with E-state index in [1.165, 1.54) is 0 Å². The van der Waals surface area contributed by atoms with E-state index in [1.54, 1.807) is 7.11 Å². The van der Waals surface area contributed by atoms with Crippen LogP contribution in [-0.4, -0.2) is 7.11 Å². The van der Waals surface area contributed by atoms with Gasteiger partial charge in [-0.05, 0) is 17.2 Å². The lowest BCUT2D eigenvalue weighted by Gasteiger charge is -2.26. The van der Waals surface area contributed by atoms with Gasteiger partial charge in [0.2, 0.25) is 0 Å². The summed E-state index contributed by atoms with van der Waals surface area (Å²) in [7, 11) is 1.67. The number of hydrazine groups is 1. The molecule has 0 heterocycles. The minimum absolute atomic E-state index is 0.203. The molecule has 2 aromatic rings. The second kappa shape index (κ2) is 6.68. The van der Waals surface area contributed by atoms with Gasteiger partial charge < -0.3 is 4.74 Å². The average Bonchev–Trinajstić information content (AvgIpc) is 2.46. The monoisotopic (exact) mass is 276 g/mol. The van der Waals surface area contributed by atoms with E-state index in [0.717, 1.165) is 11.1 Å². The molecular formula is C15H17ClN2O. The van der Waals surface area contributed by atoms with E-state index < -0.39 is 0 Å². The summed E-state index contributed by atoms with van der Waals surface area (Å²) in [5.74, 6) is 5.70. The molecule has 0 saturated heterocycles. The predicted molar refractivity (Wildman–Crippen MR) is 77.7 cm³/mol. The number of rotatable bonds is 5. The molecule has 0 aromatic heterocycles. The first-order chi connectivity index (χ1) is 9.27. The Morgan fingerprint density at radius 3 is 2.26 bits per heavy atom. The first-order valence-electron chi connectivity index (χ1n) is 6.06. The van der Waals surface area contributed by atoms with Gasteiger partial charge >= 0.3 is 0 Å². The molecule has 0 fully saturated rings. The van der Waals surface area contributed by atoms with Crippen LogP contribution in [0.4, 0.5) is 0 Å². The topological polar surface area (TPSA) is 47.3 Å². The first kappa shape index (κ1) is 14.0. The van der Waals surface area contributed by atoms with Crippen LogP contribution < -0.4 is 11.3 Å². The van der Waals surface area contributed by atoms with Crippen molar-refractivity contribution in [1.29, 1.82) is 0 Å². The first-order valence-corrected chi connectivity index (χ1v) is 6.44. The summed E-state index contributed by atoms with van der Waals surface area (Å²) >= 11 is 6.24. The van der Waals surface area contributed by atoms with E-state index in [4.69, 9.17) is 22.2 Å². The molecule has 3 nitrogen and oxygen atoms in total. The van der Waals surface area contributed by atoms with E-state index in [9.17, 15) is 0 Å². The molecule has 0 spiro atoms. The number of hydrogen-bond acceptors (Lipinski definition) is 3. The Balaban J connectivity index is 2.38. The molecule has 0 aliphatic carbocycles. The Labute approximate surface area is 118 Å². The van der Waals surface area contributed by atoms with E-state index in [-0.39, 0.29) is 12.1 Å². The summed E-state index contributed by atoms with van der Waals surface area (Å²) in [5.41, 5.74) is 4.77. The van der Waals surface area contributed by atoms with Gasteiger partial charge in [-0.2, -0.15) is 0 Å². The van der Waals surface area contributed by atoms with Crippen LogP contribution >= 0.6 is 11.6 Å². The number of ether oxygens (including phenoxy) is 1. The van der Waals surface area contributed by atoms with Crippen molar-refractivity contribution in [1.82, 2.24) is 5.43 Å². The van der Waals surface area contributed by atoms with Crippen molar-refractivity contribution in [2.45, 2.75) is 12.1 Å². The molecule has 0 saturated carbocycles. The van der Waals surface area contributed by atoms with Crippen LogP contribution in [-0.2, 0) is 4.74 Å². The third-order valence-electron chi connectivity index (χ3n) is 3.10. The minimum Gasteiger partial charge on any atom is -0.375 e. The van der Waals surface area contributed by atoms with Gasteiger partial charge in [0.05, 0.1) is 6.04 Å². The molecule has 0 bridgehead atoms. The fourth-order valence-corrected chi connectivity index (χ4v) is 2.43. The van der Waals surface area contributed by atoms with Crippen LogP contribution in [0.5, 0.6) is 0 Å². The van der Waals surface area contributed by atoms with Crippen LogP contribution in [0, 0.1) is 0 Å². The van der Waals surface area contributed by atoms with Gasteiger partial charge in [-0.3, -0.25) is 5.84 Å². The molecule has 0 aliphatic rings. The van der Waals surface area contributed by atoms with Gasteiger partial charge in [-0.25, -0.2) is 5.43 Å². The molecule has 2 rings (SSSR count). The number of nitrogens with two attached hydrogens (primary N) is 1. The molecule has 0 aliphatic heterocycles. The Morgan fingerprint density at radius 1 is 1.05 bits per heavy atom. The summed E-state index contributed by atoms with van der Waals surface area (Å²) in [6.45, 7) is 0. The summed E-state index contributed by atoms with van der Waals surface area (Å²) in [5, 5.41) is 0.670. The molecule has 0 amide bonds. The van der Waals surface area contributed by atoms with Gasteiger partial charge in [0.25, 0.3) is 0 Å². The molecule has 19 heavy (non-hydrogen) atoms.